The Balaban J connectivity index is 3.49. The van der Waals surface area contributed by atoms with Crippen LogP contribution in [0.1, 0.15) is 39.5 Å². The molecular weight excluding hydrogens is 232 g/mol. The molecule has 0 aliphatic heterocycles. The molecule has 0 aliphatic rings. The molecule has 0 spiro atoms. The summed E-state index contributed by atoms with van der Waals surface area (Å²) in [6.07, 6.45) is 2.06. The molecule has 0 atom stereocenters. The maximum absolute atomic E-state index is 11.3. The normalized spacial score (nSPS) is 9.67. The first-order valence-electron chi connectivity index (χ1n) is 6.09. The molecule has 0 bridgehead atoms. The lowest BCUT2D eigenvalue weighted by Gasteiger charge is -2.05. The predicted molar refractivity (Wildman–Crippen MR) is 70.0 cm³/mol. The smallest absolute Gasteiger partial charge is 0.220 e. The van der Waals surface area contributed by atoms with E-state index in [9.17, 15) is 14.4 Å². The van der Waals surface area contributed by atoms with Gasteiger partial charge in [0.05, 0.1) is 6.54 Å². The van der Waals surface area contributed by atoms with E-state index in [1.165, 1.54) is 6.92 Å². The Hall–Kier alpha value is -1.65. The number of ketones is 1. The van der Waals surface area contributed by atoms with Crippen LogP contribution >= 0.6 is 0 Å². The number of carbonyl (C=O) groups is 3. The molecule has 5 heteroatoms. The highest BCUT2D eigenvalue weighted by atomic mass is 16.2. The van der Waals surface area contributed by atoms with E-state index in [1.807, 2.05) is 6.92 Å². The lowest BCUT2D eigenvalue weighted by Crippen LogP contribution is -2.28. The van der Waals surface area contributed by atoms with Gasteiger partial charge in [0.25, 0.3) is 0 Å². The standard InChI is InChI=1S/C13H22N2O3/c1-10(2)8-14-12(17)6-4-5-7-13(18)15-9-11(3)16/h1,4-9H2,2-3H3,(H,14,17)(H,15,18). The van der Waals surface area contributed by atoms with Crippen molar-refractivity contribution in [3.05, 3.63) is 12.2 Å². The van der Waals surface area contributed by atoms with Crippen LogP contribution in [0, 0.1) is 0 Å². The van der Waals surface area contributed by atoms with Gasteiger partial charge in [0.1, 0.15) is 5.78 Å². The Morgan fingerprint density at radius 1 is 0.889 bits per heavy atom. The number of nitrogens with one attached hydrogen (secondary N) is 2. The number of hydrogen-bond acceptors (Lipinski definition) is 3. The quantitative estimate of drug-likeness (QED) is 0.475. The predicted octanol–water partition coefficient (Wildman–Crippen LogP) is 0.944. The molecule has 0 aromatic rings. The molecule has 2 amide bonds. The minimum absolute atomic E-state index is 0.0258. The zero-order chi connectivity index (χ0) is 14.0. The van der Waals surface area contributed by atoms with E-state index in [1.54, 1.807) is 0 Å². The van der Waals surface area contributed by atoms with E-state index in [-0.39, 0.29) is 24.1 Å². The Kier molecular flexibility index (Phi) is 8.53. The Morgan fingerprint density at radius 3 is 1.72 bits per heavy atom. The van der Waals surface area contributed by atoms with E-state index in [2.05, 4.69) is 17.2 Å². The lowest BCUT2D eigenvalue weighted by atomic mass is 10.1. The molecule has 0 fully saturated rings. The molecule has 0 unspecified atom stereocenters. The van der Waals surface area contributed by atoms with Gasteiger partial charge in [0, 0.05) is 19.4 Å². The van der Waals surface area contributed by atoms with Crippen molar-refractivity contribution >= 4 is 17.6 Å². The minimum Gasteiger partial charge on any atom is -0.352 e. The molecule has 0 aromatic heterocycles. The van der Waals surface area contributed by atoms with Crippen LogP contribution in [0.25, 0.3) is 0 Å². The van der Waals surface area contributed by atoms with E-state index >= 15 is 0 Å². The monoisotopic (exact) mass is 254 g/mol. The van der Waals surface area contributed by atoms with Gasteiger partial charge in [-0.1, -0.05) is 12.2 Å². The third-order valence-corrected chi connectivity index (χ3v) is 2.18. The molecule has 0 aliphatic carbocycles. The second-order valence-corrected chi connectivity index (χ2v) is 4.42. The van der Waals surface area contributed by atoms with Crippen LogP contribution in [0.15, 0.2) is 12.2 Å². The third kappa shape index (κ3) is 10.9. The first-order valence-corrected chi connectivity index (χ1v) is 6.09. The molecule has 0 rings (SSSR count). The van der Waals surface area contributed by atoms with E-state index in [4.69, 9.17) is 0 Å². The summed E-state index contributed by atoms with van der Waals surface area (Å²) in [5, 5.41) is 5.24. The summed E-state index contributed by atoms with van der Waals surface area (Å²) in [4.78, 5) is 33.2. The van der Waals surface area contributed by atoms with Crippen molar-refractivity contribution in [3.63, 3.8) is 0 Å². The van der Waals surface area contributed by atoms with E-state index in [0.717, 1.165) is 5.57 Å². The highest BCUT2D eigenvalue weighted by molar-refractivity contribution is 5.84. The van der Waals surface area contributed by atoms with Gasteiger partial charge in [0.15, 0.2) is 0 Å². The summed E-state index contributed by atoms with van der Waals surface area (Å²) in [6, 6.07) is 0. The first kappa shape index (κ1) is 16.4. The Morgan fingerprint density at radius 2 is 1.33 bits per heavy atom. The van der Waals surface area contributed by atoms with Crippen molar-refractivity contribution in [3.8, 4) is 0 Å². The van der Waals surface area contributed by atoms with Crippen LogP contribution in [-0.4, -0.2) is 30.7 Å². The van der Waals surface area contributed by atoms with E-state index in [0.29, 0.717) is 32.2 Å². The van der Waals surface area contributed by atoms with Crippen LogP contribution in [0.4, 0.5) is 0 Å². The largest absolute Gasteiger partial charge is 0.352 e. The van der Waals surface area contributed by atoms with Crippen molar-refractivity contribution in [2.45, 2.75) is 39.5 Å². The third-order valence-electron chi connectivity index (χ3n) is 2.18. The summed E-state index contributed by atoms with van der Waals surface area (Å²) in [5.41, 5.74) is 0.909. The van der Waals surface area contributed by atoms with Gasteiger partial charge in [-0.25, -0.2) is 0 Å². The molecule has 5 nitrogen and oxygen atoms in total. The molecule has 0 aromatic carbocycles. The average molecular weight is 254 g/mol. The number of Topliss-reactive ketones (excluding diaryl/α,β-unsaturated/α-hetero) is 1. The average Bonchev–Trinajstić information content (AvgIpc) is 2.29. The first-order chi connectivity index (χ1) is 8.41. The van der Waals surface area contributed by atoms with Crippen LogP contribution in [0.2, 0.25) is 0 Å². The maximum atomic E-state index is 11.3. The lowest BCUT2D eigenvalue weighted by molar-refractivity contribution is -0.124. The van der Waals surface area contributed by atoms with Crippen molar-refractivity contribution in [1.82, 2.24) is 10.6 Å². The van der Waals surface area contributed by atoms with Crippen molar-refractivity contribution in [1.29, 1.82) is 0 Å². The van der Waals surface area contributed by atoms with Crippen LogP contribution in [0.3, 0.4) is 0 Å². The highest BCUT2D eigenvalue weighted by Crippen LogP contribution is 2.00. The number of rotatable bonds is 9. The van der Waals surface area contributed by atoms with Gasteiger partial charge in [-0.05, 0) is 26.7 Å². The van der Waals surface area contributed by atoms with Gasteiger partial charge in [-0.2, -0.15) is 0 Å². The Bertz CT molecular complexity index is 292. The summed E-state index contributed by atoms with van der Waals surface area (Å²) in [5.74, 6) is -0.239. The summed E-state index contributed by atoms with van der Waals surface area (Å²) >= 11 is 0. The summed E-state index contributed by atoms with van der Waals surface area (Å²) in [6.45, 7) is 7.54. The van der Waals surface area contributed by atoms with Gasteiger partial charge < -0.3 is 10.6 Å². The van der Waals surface area contributed by atoms with Crippen LogP contribution < -0.4 is 10.6 Å². The fourth-order valence-corrected chi connectivity index (χ4v) is 1.22. The second-order valence-electron chi connectivity index (χ2n) is 4.42. The number of amides is 2. The van der Waals surface area contributed by atoms with Gasteiger partial charge in [0.2, 0.25) is 11.8 Å². The SMILES string of the molecule is C=C(C)CNC(=O)CCCCC(=O)NCC(C)=O. The van der Waals surface area contributed by atoms with Gasteiger partial charge in [-0.3, -0.25) is 14.4 Å². The van der Waals surface area contributed by atoms with Crippen LogP contribution in [-0.2, 0) is 14.4 Å². The zero-order valence-electron chi connectivity index (χ0n) is 11.2. The van der Waals surface area contributed by atoms with Crippen molar-refractivity contribution < 1.29 is 14.4 Å². The maximum Gasteiger partial charge on any atom is 0.220 e. The minimum atomic E-state index is -0.146. The van der Waals surface area contributed by atoms with E-state index < -0.39 is 0 Å². The second kappa shape index (κ2) is 9.39. The molecule has 0 radical (unpaired) electrons. The van der Waals surface area contributed by atoms with Gasteiger partial charge in [-0.15, -0.1) is 0 Å². The summed E-state index contributed by atoms with van der Waals surface area (Å²) < 4.78 is 0. The molecule has 102 valence electrons. The number of carbonyl (C=O) groups excluding carboxylic acids is 3. The molecule has 0 heterocycles. The molecule has 18 heavy (non-hydrogen) atoms. The van der Waals surface area contributed by atoms with Gasteiger partial charge >= 0.3 is 0 Å². The summed E-state index contributed by atoms with van der Waals surface area (Å²) in [7, 11) is 0. The van der Waals surface area contributed by atoms with Crippen molar-refractivity contribution in [2.75, 3.05) is 13.1 Å². The highest BCUT2D eigenvalue weighted by Gasteiger charge is 2.04. The molecular formula is C13H22N2O3. The number of unbranched alkanes of at least 4 members (excludes halogenated alkanes) is 1. The molecule has 2 N–H and O–H groups in total. The fraction of sp³-hybridized carbons (Fsp3) is 0.615. The van der Waals surface area contributed by atoms with Crippen LogP contribution in [0.5, 0.6) is 0 Å². The number of hydrogen-bond donors (Lipinski definition) is 2. The Labute approximate surface area is 108 Å². The topological polar surface area (TPSA) is 75.3 Å². The zero-order valence-corrected chi connectivity index (χ0v) is 11.2. The van der Waals surface area contributed by atoms with Crippen molar-refractivity contribution in [2.24, 2.45) is 0 Å². The molecule has 0 saturated heterocycles. The molecule has 0 saturated carbocycles. The fourth-order valence-electron chi connectivity index (χ4n) is 1.22.